The Morgan fingerprint density at radius 1 is 1.26 bits per heavy atom. The molecule has 0 aliphatic carbocycles. The fourth-order valence-corrected chi connectivity index (χ4v) is 2.87. The van der Waals surface area contributed by atoms with E-state index in [9.17, 15) is 0 Å². The molecule has 0 saturated carbocycles. The number of rotatable bonds is 3. The van der Waals surface area contributed by atoms with Crippen LogP contribution in [-0.2, 0) is 4.74 Å². The minimum atomic E-state index is 0.0232. The average Bonchev–Trinajstić information content (AvgIpc) is 2.83. The van der Waals surface area contributed by atoms with Gasteiger partial charge in [0.2, 0.25) is 0 Å². The van der Waals surface area contributed by atoms with Crippen molar-refractivity contribution in [2.24, 2.45) is 11.8 Å². The number of halogens is 1. The van der Waals surface area contributed by atoms with E-state index in [0.29, 0.717) is 10.9 Å². The maximum Gasteiger partial charge on any atom is 0.134 e. The third kappa shape index (κ3) is 2.62. The van der Waals surface area contributed by atoms with Gasteiger partial charge in [0.1, 0.15) is 11.3 Å². The number of hydrazine groups is 1. The van der Waals surface area contributed by atoms with Crippen molar-refractivity contribution in [3.8, 4) is 0 Å². The van der Waals surface area contributed by atoms with Crippen molar-refractivity contribution in [2.45, 2.75) is 18.9 Å². The highest BCUT2D eigenvalue weighted by Gasteiger charge is 2.27. The SMILES string of the molecule is NNC(c1cc2cc(Cl)ccc2o1)C1CCOCC1. The Balaban J connectivity index is 1.91. The van der Waals surface area contributed by atoms with Gasteiger partial charge in [0.15, 0.2) is 0 Å². The molecule has 2 heterocycles. The summed E-state index contributed by atoms with van der Waals surface area (Å²) < 4.78 is 11.3. The molecule has 1 aliphatic rings. The highest BCUT2D eigenvalue weighted by Crippen LogP contribution is 2.33. The van der Waals surface area contributed by atoms with Crippen molar-refractivity contribution >= 4 is 22.6 Å². The van der Waals surface area contributed by atoms with Crippen molar-refractivity contribution in [1.29, 1.82) is 0 Å². The minimum Gasteiger partial charge on any atom is -0.459 e. The average molecular weight is 281 g/mol. The molecule has 1 fully saturated rings. The Morgan fingerprint density at radius 3 is 2.79 bits per heavy atom. The lowest BCUT2D eigenvalue weighted by atomic mass is 9.90. The number of nitrogens with two attached hydrogens (primary N) is 1. The molecule has 0 amide bonds. The Morgan fingerprint density at radius 2 is 2.05 bits per heavy atom. The van der Waals surface area contributed by atoms with Gasteiger partial charge in [-0.1, -0.05) is 11.6 Å². The first-order valence-electron chi connectivity index (χ1n) is 6.51. The van der Waals surface area contributed by atoms with E-state index >= 15 is 0 Å². The zero-order valence-electron chi connectivity index (χ0n) is 10.6. The van der Waals surface area contributed by atoms with Crippen LogP contribution in [0.2, 0.25) is 5.02 Å². The number of benzene rings is 1. The smallest absolute Gasteiger partial charge is 0.134 e. The maximum absolute atomic E-state index is 5.99. The van der Waals surface area contributed by atoms with Gasteiger partial charge in [-0.2, -0.15) is 0 Å². The molecule has 3 rings (SSSR count). The van der Waals surface area contributed by atoms with Crippen LogP contribution in [0.25, 0.3) is 11.0 Å². The normalized spacial score (nSPS) is 18.8. The monoisotopic (exact) mass is 280 g/mol. The molecule has 1 aliphatic heterocycles. The standard InChI is InChI=1S/C14H17ClN2O2/c15-11-1-2-12-10(7-11)8-13(19-12)14(17-16)9-3-5-18-6-4-9/h1-2,7-9,14,17H,3-6,16H2. The first-order valence-corrected chi connectivity index (χ1v) is 6.88. The van der Waals surface area contributed by atoms with E-state index in [2.05, 4.69) is 5.43 Å². The summed E-state index contributed by atoms with van der Waals surface area (Å²) >= 11 is 5.99. The summed E-state index contributed by atoms with van der Waals surface area (Å²) in [6.45, 7) is 1.57. The Labute approximate surface area is 116 Å². The molecular weight excluding hydrogens is 264 g/mol. The number of hydrogen-bond donors (Lipinski definition) is 2. The van der Waals surface area contributed by atoms with Crippen LogP contribution in [0.3, 0.4) is 0 Å². The Kier molecular flexibility index (Phi) is 3.75. The van der Waals surface area contributed by atoms with Gasteiger partial charge >= 0.3 is 0 Å². The summed E-state index contributed by atoms with van der Waals surface area (Å²) in [7, 11) is 0. The summed E-state index contributed by atoms with van der Waals surface area (Å²) in [5.74, 6) is 7.02. The van der Waals surface area contributed by atoms with Gasteiger partial charge in [-0.25, -0.2) is 5.43 Å². The van der Waals surface area contributed by atoms with Crippen LogP contribution in [0.4, 0.5) is 0 Å². The summed E-state index contributed by atoms with van der Waals surface area (Å²) in [6.07, 6.45) is 1.99. The molecule has 1 atom stereocenters. The topological polar surface area (TPSA) is 60.4 Å². The third-order valence-electron chi connectivity index (χ3n) is 3.72. The summed E-state index contributed by atoms with van der Waals surface area (Å²) in [6, 6.07) is 7.66. The zero-order chi connectivity index (χ0) is 13.2. The molecule has 19 heavy (non-hydrogen) atoms. The van der Waals surface area contributed by atoms with Crippen LogP contribution in [0.15, 0.2) is 28.7 Å². The quantitative estimate of drug-likeness (QED) is 0.670. The molecule has 3 N–H and O–H groups in total. The van der Waals surface area contributed by atoms with Gasteiger partial charge in [-0.05, 0) is 43.0 Å². The van der Waals surface area contributed by atoms with Crippen LogP contribution in [0, 0.1) is 5.92 Å². The van der Waals surface area contributed by atoms with E-state index in [-0.39, 0.29) is 6.04 Å². The van der Waals surface area contributed by atoms with Gasteiger partial charge in [0.25, 0.3) is 0 Å². The molecule has 2 aromatic rings. The van der Waals surface area contributed by atoms with Gasteiger partial charge in [0.05, 0.1) is 6.04 Å². The molecule has 4 nitrogen and oxygen atoms in total. The summed E-state index contributed by atoms with van der Waals surface area (Å²) in [5, 5.41) is 1.72. The Hall–Kier alpha value is -1.07. The van der Waals surface area contributed by atoms with Crippen molar-refractivity contribution in [2.75, 3.05) is 13.2 Å². The molecule has 1 aromatic heterocycles. The fourth-order valence-electron chi connectivity index (χ4n) is 2.69. The van der Waals surface area contributed by atoms with Gasteiger partial charge in [0, 0.05) is 23.6 Å². The van der Waals surface area contributed by atoms with Crippen LogP contribution in [0.5, 0.6) is 0 Å². The highest BCUT2D eigenvalue weighted by atomic mass is 35.5. The van der Waals surface area contributed by atoms with Crippen LogP contribution >= 0.6 is 11.6 Å². The number of nitrogens with one attached hydrogen (secondary N) is 1. The number of furan rings is 1. The fraction of sp³-hybridized carbons (Fsp3) is 0.429. The van der Waals surface area contributed by atoms with E-state index in [0.717, 1.165) is 42.8 Å². The number of hydrogen-bond acceptors (Lipinski definition) is 4. The lowest BCUT2D eigenvalue weighted by molar-refractivity contribution is 0.0509. The number of ether oxygens (including phenoxy) is 1. The molecule has 1 aromatic carbocycles. The van der Waals surface area contributed by atoms with Crippen molar-refractivity contribution in [1.82, 2.24) is 5.43 Å². The second kappa shape index (κ2) is 5.51. The molecule has 5 heteroatoms. The van der Waals surface area contributed by atoms with Crippen LogP contribution in [0.1, 0.15) is 24.6 Å². The number of fused-ring (bicyclic) bond motifs is 1. The van der Waals surface area contributed by atoms with Crippen LogP contribution < -0.4 is 11.3 Å². The summed E-state index contributed by atoms with van der Waals surface area (Å²) in [4.78, 5) is 0. The van der Waals surface area contributed by atoms with E-state index in [1.54, 1.807) is 0 Å². The van der Waals surface area contributed by atoms with Crippen molar-refractivity contribution in [3.05, 3.63) is 35.0 Å². The molecule has 0 radical (unpaired) electrons. The van der Waals surface area contributed by atoms with Crippen molar-refractivity contribution in [3.63, 3.8) is 0 Å². The predicted octanol–water partition coefficient (Wildman–Crippen LogP) is 3.02. The van der Waals surface area contributed by atoms with E-state index in [1.807, 2.05) is 24.3 Å². The lowest BCUT2D eigenvalue weighted by Gasteiger charge is -2.28. The highest BCUT2D eigenvalue weighted by molar-refractivity contribution is 6.31. The zero-order valence-corrected chi connectivity index (χ0v) is 11.3. The predicted molar refractivity (Wildman–Crippen MR) is 74.8 cm³/mol. The molecule has 0 spiro atoms. The molecule has 1 saturated heterocycles. The van der Waals surface area contributed by atoms with Gasteiger partial charge in [-0.3, -0.25) is 5.84 Å². The van der Waals surface area contributed by atoms with Crippen LogP contribution in [-0.4, -0.2) is 13.2 Å². The minimum absolute atomic E-state index is 0.0232. The van der Waals surface area contributed by atoms with E-state index in [4.69, 9.17) is 26.6 Å². The lowest BCUT2D eigenvalue weighted by Crippen LogP contribution is -2.35. The second-order valence-corrected chi connectivity index (χ2v) is 5.36. The Bertz CT molecular complexity index is 564. The largest absolute Gasteiger partial charge is 0.459 e. The van der Waals surface area contributed by atoms with E-state index < -0.39 is 0 Å². The maximum atomic E-state index is 5.99. The molecule has 102 valence electrons. The van der Waals surface area contributed by atoms with Gasteiger partial charge in [-0.15, -0.1) is 0 Å². The molecule has 0 bridgehead atoms. The molecular formula is C14H17ClN2O2. The first-order chi connectivity index (χ1) is 9.28. The first kappa shape index (κ1) is 12.9. The summed E-state index contributed by atoms with van der Waals surface area (Å²) in [5.41, 5.74) is 3.72. The third-order valence-corrected chi connectivity index (χ3v) is 3.96. The second-order valence-electron chi connectivity index (χ2n) is 4.93. The van der Waals surface area contributed by atoms with E-state index in [1.165, 1.54) is 0 Å². The van der Waals surface area contributed by atoms with Crippen molar-refractivity contribution < 1.29 is 9.15 Å². The van der Waals surface area contributed by atoms with Gasteiger partial charge < -0.3 is 9.15 Å². The molecule has 1 unspecified atom stereocenters.